The predicted molar refractivity (Wildman–Crippen MR) is 219 cm³/mol. The SMILES string of the molecule is Cc1cnc(Nc2ccc3c(c2)CCC(=O)N3)nc1Nc1ccc2c(c1)OC(F)(F)O2.Cc1cnc(Nc2ccc3c(c2)OC(F)(F)O3)nc1Nc1ccc2c(c1)CCC(=O)N2. The molecule has 6 N–H and O–H groups in total. The van der Waals surface area contributed by atoms with E-state index in [-0.39, 0.29) is 40.8 Å². The lowest BCUT2D eigenvalue weighted by Gasteiger charge is -2.18. The number of nitrogens with zero attached hydrogens (tertiary/aromatic N) is 4. The second-order valence-electron chi connectivity index (χ2n) is 14.4. The summed E-state index contributed by atoms with van der Waals surface area (Å²) in [5.41, 5.74) is 7.89. The summed E-state index contributed by atoms with van der Waals surface area (Å²) >= 11 is 0. The molecule has 0 unspecified atom stereocenters. The van der Waals surface area contributed by atoms with E-state index in [2.05, 4.69) is 70.8 Å². The zero-order valence-corrected chi connectivity index (χ0v) is 32.7. The van der Waals surface area contributed by atoms with Gasteiger partial charge in [-0.1, -0.05) is 0 Å². The zero-order valence-electron chi connectivity index (χ0n) is 32.7. The molecule has 10 rings (SSSR count). The van der Waals surface area contributed by atoms with Crippen molar-refractivity contribution in [2.45, 2.75) is 52.1 Å². The van der Waals surface area contributed by atoms with Crippen molar-refractivity contribution in [2.75, 3.05) is 31.9 Å². The first-order valence-electron chi connectivity index (χ1n) is 19.1. The van der Waals surface area contributed by atoms with Crippen molar-refractivity contribution in [1.29, 1.82) is 0 Å². The van der Waals surface area contributed by atoms with E-state index in [1.54, 1.807) is 24.5 Å². The monoisotopic (exact) mass is 850 g/mol. The van der Waals surface area contributed by atoms with Crippen molar-refractivity contribution in [2.24, 2.45) is 0 Å². The van der Waals surface area contributed by atoms with Crippen LogP contribution in [0.3, 0.4) is 0 Å². The second kappa shape index (κ2) is 15.6. The van der Waals surface area contributed by atoms with Crippen LogP contribution < -0.4 is 50.8 Å². The summed E-state index contributed by atoms with van der Waals surface area (Å²) in [5, 5.41) is 18.2. The number of ether oxygens (including phenoxy) is 4. The van der Waals surface area contributed by atoms with Crippen LogP contribution in [0.2, 0.25) is 0 Å². The summed E-state index contributed by atoms with van der Waals surface area (Å²) in [6.45, 7) is 3.70. The third-order valence-electron chi connectivity index (χ3n) is 9.79. The average molecular weight is 851 g/mol. The van der Waals surface area contributed by atoms with E-state index < -0.39 is 12.6 Å². The average Bonchev–Trinajstić information content (AvgIpc) is 3.72. The number of aromatic nitrogens is 4. The van der Waals surface area contributed by atoms with Gasteiger partial charge in [0.15, 0.2) is 23.0 Å². The third-order valence-corrected chi connectivity index (χ3v) is 9.79. The maximum absolute atomic E-state index is 13.2. The lowest BCUT2D eigenvalue weighted by molar-refractivity contribution is -0.287. The number of carbonyl (C=O) groups excluding carboxylic acids is 2. The Morgan fingerprint density at radius 2 is 0.903 bits per heavy atom. The van der Waals surface area contributed by atoms with Crippen LogP contribution in [0.15, 0.2) is 85.2 Å². The number of anilines is 10. The molecular formula is C42H34F4N10O6. The first kappa shape index (κ1) is 39.6. The van der Waals surface area contributed by atoms with Gasteiger partial charge >= 0.3 is 12.6 Å². The minimum Gasteiger partial charge on any atom is -0.395 e. The summed E-state index contributed by atoms with van der Waals surface area (Å²) in [6, 6.07) is 20.1. The van der Waals surface area contributed by atoms with Gasteiger partial charge in [-0.05, 0) is 98.5 Å². The molecule has 62 heavy (non-hydrogen) atoms. The summed E-state index contributed by atoms with van der Waals surface area (Å²) in [7, 11) is 0. The Kier molecular flexibility index (Phi) is 9.96. The predicted octanol–water partition coefficient (Wildman–Crippen LogP) is 8.96. The smallest absolute Gasteiger partial charge is 0.395 e. The van der Waals surface area contributed by atoms with Crippen molar-refractivity contribution >= 4 is 69.5 Å². The molecule has 6 aromatic rings. The Hall–Kier alpha value is -7.90. The van der Waals surface area contributed by atoms with Gasteiger partial charge in [-0.2, -0.15) is 9.97 Å². The maximum atomic E-state index is 13.2. The molecule has 0 saturated heterocycles. The normalized spacial score (nSPS) is 15.8. The van der Waals surface area contributed by atoms with E-state index in [1.807, 2.05) is 50.2 Å². The number of benzene rings is 4. The van der Waals surface area contributed by atoms with Gasteiger partial charge in [0.05, 0.1) is 0 Å². The van der Waals surface area contributed by atoms with Crippen molar-refractivity contribution in [1.82, 2.24) is 19.9 Å². The Labute approximate surface area is 349 Å². The van der Waals surface area contributed by atoms with Gasteiger partial charge in [-0.15, -0.1) is 17.6 Å². The Morgan fingerprint density at radius 1 is 0.516 bits per heavy atom. The summed E-state index contributed by atoms with van der Waals surface area (Å²) < 4.78 is 70.6. The van der Waals surface area contributed by atoms with Crippen molar-refractivity contribution in [3.63, 3.8) is 0 Å². The van der Waals surface area contributed by atoms with Crippen molar-refractivity contribution in [3.8, 4) is 23.0 Å². The van der Waals surface area contributed by atoms with Crippen LogP contribution in [-0.4, -0.2) is 44.3 Å². The standard InChI is InChI=1S/2C21H17F2N5O3/c1-11-10-24-20(26-13-3-5-15-12(8-13)2-7-18(29)27-15)28-19(11)25-14-4-6-16-17(9-14)31-21(22,23)30-16;1-11-10-24-20(26-14-4-6-16-17(9-14)31-21(22,23)30-16)28-19(11)25-13-3-5-15-12(8-13)2-7-18(29)27-15/h2*3-6,8-10H,2,7H2,1H3,(H,27,29)(H2,24,25,26,28). The van der Waals surface area contributed by atoms with Gasteiger partial charge in [-0.3, -0.25) is 9.59 Å². The van der Waals surface area contributed by atoms with Gasteiger partial charge in [0.25, 0.3) is 0 Å². The topological polar surface area (TPSA) is 195 Å². The van der Waals surface area contributed by atoms with Crippen LogP contribution in [0.25, 0.3) is 0 Å². The minimum absolute atomic E-state index is 0.0121. The maximum Gasteiger partial charge on any atom is 0.586 e. The molecular weight excluding hydrogens is 817 g/mol. The molecule has 0 bridgehead atoms. The van der Waals surface area contributed by atoms with E-state index in [0.29, 0.717) is 54.6 Å². The van der Waals surface area contributed by atoms with Gasteiger partial charge < -0.3 is 50.8 Å². The molecule has 0 saturated carbocycles. The fourth-order valence-corrected chi connectivity index (χ4v) is 6.77. The van der Waals surface area contributed by atoms with Crippen LogP contribution in [0.5, 0.6) is 23.0 Å². The molecule has 4 aliphatic heterocycles. The molecule has 6 heterocycles. The summed E-state index contributed by atoms with van der Waals surface area (Å²) in [5.74, 6) is 1.58. The highest BCUT2D eigenvalue weighted by Gasteiger charge is 2.44. The van der Waals surface area contributed by atoms with Gasteiger partial charge in [0.2, 0.25) is 23.7 Å². The quantitative estimate of drug-likeness (QED) is 0.0795. The van der Waals surface area contributed by atoms with Crippen LogP contribution >= 0.6 is 0 Å². The number of hydrogen-bond acceptors (Lipinski definition) is 14. The molecule has 4 aromatic carbocycles. The number of aryl methyl sites for hydroxylation is 4. The third kappa shape index (κ3) is 8.83. The molecule has 16 nitrogen and oxygen atoms in total. The highest BCUT2D eigenvalue weighted by molar-refractivity contribution is 5.95. The van der Waals surface area contributed by atoms with Crippen molar-refractivity contribution in [3.05, 3.63) is 107 Å². The highest BCUT2D eigenvalue weighted by atomic mass is 19.3. The number of alkyl halides is 4. The van der Waals surface area contributed by atoms with E-state index in [4.69, 9.17) is 0 Å². The number of fused-ring (bicyclic) bond motifs is 4. The van der Waals surface area contributed by atoms with Crippen molar-refractivity contribution < 1.29 is 46.1 Å². The summed E-state index contributed by atoms with van der Waals surface area (Å²) in [4.78, 5) is 40.6. The number of amides is 2. The fourth-order valence-electron chi connectivity index (χ4n) is 6.77. The zero-order chi connectivity index (χ0) is 43.2. The van der Waals surface area contributed by atoms with Crippen LogP contribution in [0, 0.1) is 13.8 Å². The Morgan fingerprint density at radius 3 is 1.37 bits per heavy atom. The first-order valence-corrected chi connectivity index (χ1v) is 19.1. The molecule has 316 valence electrons. The summed E-state index contributed by atoms with van der Waals surface area (Å²) in [6.07, 6.45) is -1.78. The second-order valence-corrected chi connectivity index (χ2v) is 14.4. The van der Waals surface area contributed by atoms with Gasteiger partial charge in [0, 0.05) is 82.6 Å². The molecule has 20 heteroatoms. The Balaban J connectivity index is 0.000000158. The largest absolute Gasteiger partial charge is 0.586 e. The van der Waals surface area contributed by atoms with Gasteiger partial charge in [-0.25, -0.2) is 9.97 Å². The van der Waals surface area contributed by atoms with E-state index >= 15 is 0 Å². The molecule has 0 spiro atoms. The molecule has 0 aliphatic carbocycles. The molecule has 0 fully saturated rings. The Bertz CT molecular complexity index is 2780. The number of halogens is 4. The molecule has 2 aromatic heterocycles. The van der Waals surface area contributed by atoms with Gasteiger partial charge in [0.1, 0.15) is 11.6 Å². The number of hydrogen-bond donors (Lipinski definition) is 6. The minimum atomic E-state index is -3.67. The first-order chi connectivity index (χ1) is 29.7. The van der Waals surface area contributed by atoms with Crippen LogP contribution in [0.1, 0.15) is 35.1 Å². The molecule has 4 aliphatic rings. The fraction of sp³-hybridized carbons (Fsp3) is 0.190. The van der Waals surface area contributed by atoms with Crippen LogP contribution in [0.4, 0.5) is 75.2 Å². The lowest BCUT2D eigenvalue weighted by Crippen LogP contribution is -2.25. The number of rotatable bonds is 8. The molecule has 0 radical (unpaired) electrons. The van der Waals surface area contributed by atoms with Crippen LogP contribution in [-0.2, 0) is 22.4 Å². The van der Waals surface area contributed by atoms with E-state index in [9.17, 15) is 27.2 Å². The van der Waals surface area contributed by atoms with E-state index in [0.717, 1.165) is 45.0 Å². The molecule has 0 atom stereocenters. The lowest BCUT2D eigenvalue weighted by atomic mass is 10.0. The number of carbonyl (C=O) groups is 2. The van der Waals surface area contributed by atoms with E-state index in [1.165, 1.54) is 24.3 Å². The number of nitrogens with one attached hydrogen (secondary N) is 6. The highest BCUT2D eigenvalue weighted by Crippen LogP contribution is 2.44. The molecule has 2 amide bonds.